The maximum atomic E-state index is 12.7. The number of hydrogen-bond donors (Lipinski definition) is 0. The quantitative estimate of drug-likeness (QED) is 0.325. The molecule has 3 heteroatoms. The molecule has 1 aromatic rings. The molecule has 0 aliphatic heterocycles. The lowest BCUT2D eigenvalue weighted by atomic mass is 9.88. The van der Waals surface area contributed by atoms with Crippen LogP contribution in [0.5, 0.6) is 0 Å². The fourth-order valence-corrected chi connectivity index (χ4v) is 2.49. The standard InChI is InChI=1S/C22H24O3/c1-7-9-10-16(5)20(8-2)25-22(24)21(15(3)4)19-13-11-18(12-14-19)17(6)23/h1-2,10-15,20-21H,9H2,3-6H3/b16-10+. The molecule has 1 rings (SSSR count). The van der Waals surface area contributed by atoms with Crippen LogP contribution in [0.25, 0.3) is 0 Å². The van der Waals surface area contributed by atoms with Crippen LogP contribution in [-0.4, -0.2) is 17.9 Å². The smallest absolute Gasteiger partial charge is 0.315 e. The number of carbonyl (C=O) groups is 2. The molecule has 2 unspecified atom stereocenters. The van der Waals surface area contributed by atoms with Crippen molar-refractivity contribution in [2.24, 2.45) is 5.92 Å². The van der Waals surface area contributed by atoms with Gasteiger partial charge in [-0.2, -0.15) is 0 Å². The SMILES string of the molecule is C#CC/C=C(\C)C(C#C)OC(=O)C(c1ccc(C(C)=O)cc1)C(C)C. The summed E-state index contributed by atoms with van der Waals surface area (Å²) in [7, 11) is 0. The van der Waals surface area contributed by atoms with E-state index in [9.17, 15) is 9.59 Å². The van der Waals surface area contributed by atoms with Crippen molar-refractivity contribution in [1.29, 1.82) is 0 Å². The first-order valence-corrected chi connectivity index (χ1v) is 8.19. The fourth-order valence-electron chi connectivity index (χ4n) is 2.49. The van der Waals surface area contributed by atoms with Gasteiger partial charge >= 0.3 is 5.97 Å². The second-order valence-corrected chi connectivity index (χ2v) is 6.24. The molecule has 1 aromatic carbocycles. The van der Waals surface area contributed by atoms with E-state index in [-0.39, 0.29) is 17.7 Å². The molecule has 0 fully saturated rings. The average molecular weight is 336 g/mol. The summed E-state index contributed by atoms with van der Waals surface area (Å²) in [6.07, 6.45) is 12.2. The molecule has 0 spiro atoms. The summed E-state index contributed by atoms with van der Waals surface area (Å²) in [5, 5.41) is 0. The van der Waals surface area contributed by atoms with Crippen LogP contribution in [0.3, 0.4) is 0 Å². The maximum Gasteiger partial charge on any atom is 0.315 e. The summed E-state index contributed by atoms with van der Waals surface area (Å²) in [6, 6.07) is 7.01. The van der Waals surface area contributed by atoms with Crippen LogP contribution in [0, 0.1) is 30.6 Å². The molecule has 0 aromatic heterocycles. The Morgan fingerprint density at radius 3 is 2.20 bits per heavy atom. The van der Waals surface area contributed by atoms with Crippen LogP contribution >= 0.6 is 0 Å². The molecule has 0 aliphatic carbocycles. The van der Waals surface area contributed by atoms with Crippen molar-refractivity contribution in [1.82, 2.24) is 0 Å². The van der Waals surface area contributed by atoms with E-state index in [4.69, 9.17) is 17.6 Å². The molecule has 130 valence electrons. The van der Waals surface area contributed by atoms with E-state index in [1.807, 2.05) is 13.8 Å². The lowest BCUT2D eigenvalue weighted by Crippen LogP contribution is -2.26. The molecule has 0 amide bonds. The molecule has 0 saturated carbocycles. The second kappa shape index (κ2) is 9.50. The third-order valence-corrected chi connectivity index (χ3v) is 3.94. The van der Waals surface area contributed by atoms with Crippen LogP contribution in [0.1, 0.15) is 56.0 Å². The number of ketones is 1. The minimum absolute atomic E-state index is 0.0168. The number of Topliss-reactive ketones (excluding diaryl/α,β-unsaturated/α-hetero) is 1. The number of terminal acetylenes is 2. The number of carbonyl (C=O) groups excluding carboxylic acids is 2. The Hall–Kier alpha value is -2.78. The Morgan fingerprint density at radius 2 is 1.76 bits per heavy atom. The monoisotopic (exact) mass is 336 g/mol. The summed E-state index contributed by atoms with van der Waals surface area (Å²) >= 11 is 0. The maximum absolute atomic E-state index is 12.7. The summed E-state index contributed by atoms with van der Waals surface area (Å²) < 4.78 is 5.54. The van der Waals surface area contributed by atoms with Gasteiger partial charge in [0.2, 0.25) is 0 Å². The molecule has 0 bridgehead atoms. The largest absolute Gasteiger partial charge is 0.444 e. The van der Waals surface area contributed by atoms with Crippen molar-refractivity contribution in [3.05, 3.63) is 47.0 Å². The first-order valence-electron chi connectivity index (χ1n) is 8.19. The van der Waals surface area contributed by atoms with E-state index >= 15 is 0 Å². The van der Waals surface area contributed by atoms with Crippen molar-refractivity contribution in [2.45, 2.75) is 46.1 Å². The Kier molecular flexibility index (Phi) is 7.70. The fraction of sp³-hybridized carbons (Fsp3) is 0.364. The van der Waals surface area contributed by atoms with E-state index in [1.54, 1.807) is 37.3 Å². The Morgan fingerprint density at radius 1 is 1.16 bits per heavy atom. The van der Waals surface area contributed by atoms with E-state index < -0.39 is 12.0 Å². The number of allylic oxidation sites excluding steroid dienone is 1. The first-order chi connectivity index (χ1) is 11.8. The van der Waals surface area contributed by atoms with E-state index in [0.29, 0.717) is 12.0 Å². The average Bonchev–Trinajstić information content (AvgIpc) is 2.57. The Bertz CT molecular complexity index is 724. The summed E-state index contributed by atoms with van der Waals surface area (Å²) in [4.78, 5) is 24.1. The van der Waals surface area contributed by atoms with Gasteiger partial charge in [-0.25, -0.2) is 0 Å². The number of esters is 1. The number of rotatable bonds is 7. The van der Waals surface area contributed by atoms with Crippen LogP contribution in [0.4, 0.5) is 0 Å². The van der Waals surface area contributed by atoms with Gasteiger partial charge in [-0.15, -0.1) is 18.8 Å². The van der Waals surface area contributed by atoms with Crippen LogP contribution in [0.15, 0.2) is 35.9 Å². The molecule has 25 heavy (non-hydrogen) atoms. The van der Waals surface area contributed by atoms with Crippen molar-refractivity contribution in [3.8, 4) is 24.7 Å². The van der Waals surface area contributed by atoms with Crippen molar-refractivity contribution in [2.75, 3.05) is 0 Å². The lowest BCUT2D eigenvalue weighted by Gasteiger charge is -2.22. The topological polar surface area (TPSA) is 43.4 Å². The summed E-state index contributed by atoms with van der Waals surface area (Å²) in [5.41, 5.74) is 2.14. The van der Waals surface area contributed by atoms with Gasteiger partial charge in [-0.3, -0.25) is 9.59 Å². The molecule has 3 nitrogen and oxygen atoms in total. The molecule has 0 aliphatic rings. The highest BCUT2D eigenvalue weighted by Gasteiger charge is 2.28. The van der Waals surface area contributed by atoms with Gasteiger partial charge in [0.1, 0.15) is 0 Å². The van der Waals surface area contributed by atoms with Gasteiger partial charge in [0.05, 0.1) is 5.92 Å². The first kappa shape index (κ1) is 20.3. The van der Waals surface area contributed by atoms with Gasteiger partial charge in [0.25, 0.3) is 0 Å². The van der Waals surface area contributed by atoms with Gasteiger partial charge in [0, 0.05) is 12.0 Å². The normalized spacial score (nSPS) is 13.5. The van der Waals surface area contributed by atoms with E-state index in [0.717, 1.165) is 11.1 Å². The molecule has 0 N–H and O–H groups in total. The highest BCUT2D eigenvalue weighted by molar-refractivity contribution is 5.94. The number of hydrogen-bond acceptors (Lipinski definition) is 3. The Labute approximate surface area is 150 Å². The second-order valence-electron chi connectivity index (χ2n) is 6.24. The minimum atomic E-state index is -0.737. The van der Waals surface area contributed by atoms with E-state index in [1.165, 1.54) is 6.92 Å². The van der Waals surface area contributed by atoms with Crippen molar-refractivity contribution in [3.63, 3.8) is 0 Å². The van der Waals surface area contributed by atoms with Crippen molar-refractivity contribution < 1.29 is 14.3 Å². The zero-order valence-corrected chi connectivity index (χ0v) is 15.2. The predicted octanol–water partition coefficient (Wildman–Crippen LogP) is 4.14. The highest BCUT2D eigenvalue weighted by Crippen LogP contribution is 2.27. The predicted molar refractivity (Wildman–Crippen MR) is 99.9 cm³/mol. The minimum Gasteiger partial charge on any atom is -0.444 e. The highest BCUT2D eigenvalue weighted by atomic mass is 16.5. The third kappa shape index (κ3) is 5.66. The van der Waals surface area contributed by atoms with Crippen molar-refractivity contribution >= 4 is 11.8 Å². The molecule has 2 atom stereocenters. The zero-order valence-electron chi connectivity index (χ0n) is 15.2. The molecular formula is C22H24O3. The van der Waals surface area contributed by atoms with Crippen LogP contribution in [-0.2, 0) is 9.53 Å². The summed E-state index contributed by atoms with van der Waals surface area (Å²) in [5.74, 6) is 4.14. The van der Waals surface area contributed by atoms with Gasteiger partial charge in [0.15, 0.2) is 11.9 Å². The van der Waals surface area contributed by atoms with Gasteiger partial charge in [-0.05, 0) is 30.9 Å². The van der Waals surface area contributed by atoms with E-state index in [2.05, 4.69) is 11.8 Å². The lowest BCUT2D eigenvalue weighted by molar-refractivity contribution is -0.148. The van der Waals surface area contributed by atoms with Gasteiger partial charge < -0.3 is 4.74 Å². The van der Waals surface area contributed by atoms with Crippen LogP contribution in [0.2, 0.25) is 0 Å². The van der Waals surface area contributed by atoms with Crippen LogP contribution < -0.4 is 0 Å². The Balaban J connectivity index is 3.02. The summed E-state index contributed by atoms with van der Waals surface area (Å²) in [6.45, 7) is 7.18. The molecular weight excluding hydrogens is 312 g/mol. The molecule has 0 saturated heterocycles. The number of benzene rings is 1. The molecule has 0 heterocycles. The molecule has 0 radical (unpaired) electrons. The number of ether oxygens (including phenoxy) is 1. The zero-order chi connectivity index (χ0) is 19.0. The third-order valence-electron chi connectivity index (χ3n) is 3.94. The van der Waals surface area contributed by atoms with Gasteiger partial charge in [-0.1, -0.05) is 50.1 Å².